The number of esters is 1. The van der Waals surface area contributed by atoms with Gasteiger partial charge in [0.2, 0.25) is 5.75 Å². The highest BCUT2D eigenvalue weighted by molar-refractivity contribution is 5.99. The lowest BCUT2D eigenvalue weighted by Crippen LogP contribution is -2.14. The minimum Gasteiger partial charge on any atom is -0.454 e. The van der Waals surface area contributed by atoms with Crippen LogP contribution in [0.25, 0.3) is 0 Å². The van der Waals surface area contributed by atoms with Crippen molar-refractivity contribution in [2.45, 2.75) is 20.0 Å². The van der Waals surface area contributed by atoms with Gasteiger partial charge in [-0.2, -0.15) is 13.2 Å². The van der Waals surface area contributed by atoms with Gasteiger partial charge in [0, 0.05) is 11.6 Å². The molecule has 0 unspecified atom stereocenters. The van der Waals surface area contributed by atoms with Crippen LogP contribution in [-0.2, 0) is 10.9 Å². The first kappa shape index (κ1) is 24.4. The van der Waals surface area contributed by atoms with Crippen molar-refractivity contribution in [1.29, 1.82) is 0 Å². The highest BCUT2D eigenvalue weighted by atomic mass is 19.4. The number of nitro benzene ring substituents is 1. The number of aryl methyl sites for hydroxylation is 2. The summed E-state index contributed by atoms with van der Waals surface area (Å²) in [5, 5.41) is 11.2. The van der Waals surface area contributed by atoms with Crippen LogP contribution in [0.2, 0.25) is 0 Å². The summed E-state index contributed by atoms with van der Waals surface area (Å²) >= 11 is 0. The maximum Gasteiger partial charge on any atom is 0.416 e. The molecule has 3 aromatic carbocycles. The molecule has 0 fully saturated rings. The zero-order chi connectivity index (χ0) is 25.0. The number of alkyl halides is 3. The highest BCUT2D eigenvalue weighted by Gasteiger charge is 2.33. The fourth-order valence-electron chi connectivity index (χ4n) is 2.92. The molecule has 3 aromatic rings. The van der Waals surface area contributed by atoms with Gasteiger partial charge in [-0.25, -0.2) is 4.79 Å². The summed E-state index contributed by atoms with van der Waals surface area (Å²) in [4.78, 5) is 34.7. The van der Waals surface area contributed by atoms with Crippen molar-refractivity contribution in [3.05, 3.63) is 98.6 Å². The number of nitro groups is 1. The molecular weight excluding hydrogens is 455 g/mol. The van der Waals surface area contributed by atoms with Crippen LogP contribution in [0.5, 0.6) is 11.5 Å². The molecule has 0 amide bonds. The third kappa shape index (κ3) is 5.77. The monoisotopic (exact) mass is 473 g/mol. The van der Waals surface area contributed by atoms with E-state index in [0.717, 1.165) is 17.2 Å². The standard InChI is InChI=1S/C24H18F3NO6/c1-14-3-4-17(11-15(14)2)21(29)13-33-23(30)16-5-8-19(9-6-16)34-22-10-7-18(24(25,26)27)12-20(22)28(31)32/h3-12H,13H2,1-2H3. The molecule has 7 nitrogen and oxygen atoms in total. The highest BCUT2D eigenvalue weighted by Crippen LogP contribution is 2.37. The lowest BCUT2D eigenvalue weighted by molar-refractivity contribution is -0.385. The number of benzene rings is 3. The van der Waals surface area contributed by atoms with Crippen LogP contribution in [0.15, 0.2) is 60.7 Å². The van der Waals surface area contributed by atoms with E-state index in [1.807, 2.05) is 13.8 Å². The van der Waals surface area contributed by atoms with Crippen LogP contribution < -0.4 is 4.74 Å². The zero-order valence-electron chi connectivity index (χ0n) is 18.0. The third-order valence-corrected chi connectivity index (χ3v) is 4.96. The summed E-state index contributed by atoms with van der Waals surface area (Å²) in [6, 6.07) is 12.2. The smallest absolute Gasteiger partial charge is 0.416 e. The van der Waals surface area contributed by atoms with Gasteiger partial charge in [-0.05, 0) is 67.4 Å². The molecule has 0 atom stereocenters. The van der Waals surface area contributed by atoms with Crippen molar-refractivity contribution in [3.8, 4) is 11.5 Å². The number of Topliss-reactive ketones (excluding diaryl/α,β-unsaturated/α-hetero) is 1. The molecule has 0 radical (unpaired) electrons. The summed E-state index contributed by atoms with van der Waals surface area (Å²) in [5.41, 5.74) is 0.418. The summed E-state index contributed by atoms with van der Waals surface area (Å²) in [6.45, 7) is 3.31. The van der Waals surface area contributed by atoms with E-state index in [-0.39, 0.29) is 17.1 Å². The average molecular weight is 473 g/mol. The Kier molecular flexibility index (Phi) is 7.00. The number of ether oxygens (including phenoxy) is 2. The summed E-state index contributed by atoms with van der Waals surface area (Å²) in [6.07, 6.45) is -4.75. The molecule has 0 saturated heterocycles. The molecule has 34 heavy (non-hydrogen) atoms. The van der Waals surface area contributed by atoms with E-state index in [1.54, 1.807) is 18.2 Å². The Balaban J connectivity index is 1.67. The van der Waals surface area contributed by atoms with Crippen molar-refractivity contribution in [2.75, 3.05) is 6.61 Å². The van der Waals surface area contributed by atoms with Crippen molar-refractivity contribution >= 4 is 17.4 Å². The molecule has 10 heteroatoms. The molecule has 0 aliphatic carbocycles. The van der Waals surface area contributed by atoms with Crippen LogP contribution >= 0.6 is 0 Å². The van der Waals surface area contributed by atoms with Crippen LogP contribution in [-0.4, -0.2) is 23.3 Å². The van der Waals surface area contributed by atoms with Crippen LogP contribution in [0.3, 0.4) is 0 Å². The predicted molar refractivity (Wildman–Crippen MR) is 115 cm³/mol. The number of rotatable bonds is 7. The molecule has 176 valence electrons. The van der Waals surface area contributed by atoms with Crippen LogP contribution in [0.1, 0.15) is 37.4 Å². The molecule has 0 aliphatic rings. The minimum absolute atomic E-state index is 0.0469. The number of hydrogen-bond donors (Lipinski definition) is 0. The first-order valence-corrected chi connectivity index (χ1v) is 9.87. The number of carbonyl (C=O) groups excluding carboxylic acids is 2. The second-order valence-electron chi connectivity index (χ2n) is 7.36. The molecule has 0 saturated carbocycles. The normalized spacial score (nSPS) is 11.1. The number of ketones is 1. The number of carbonyl (C=O) groups is 2. The SMILES string of the molecule is Cc1ccc(C(=O)COC(=O)c2ccc(Oc3ccc(C(F)(F)F)cc3[N+](=O)[O-])cc2)cc1C. The van der Waals surface area contributed by atoms with Crippen molar-refractivity contribution in [2.24, 2.45) is 0 Å². The van der Waals surface area contributed by atoms with E-state index in [9.17, 15) is 32.9 Å². The Morgan fingerprint density at radius 2 is 1.56 bits per heavy atom. The first-order chi connectivity index (χ1) is 16.0. The molecular formula is C24H18F3NO6. The van der Waals surface area contributed by atoms with Gasteiger partial charge in [0.05, 0.1) is 16.1 Å². The van der Waals surface area contributed by atoms with E-state index < -0.39 is 40.7 Å². The zero-order valence-corrected chi connectivity index (χ0v) is 18.0. The fraction of sp³-hybridized carbons (Fsp3) is 0.167. The summed E-state index contributed by atoms with van der Waals surface area (Å²) < 4.78 is 48.9. The van der Waals surface area contributed by atoms with Gasteiger partial charge in [-0.3, -0.25) is 14.9 Å². The van der Waals surface area contributed by atoms with Gasteiger partial charge in [-0.1, -0.05) is 12.1 Å². The van der Waals surface area contributed by atoms with Gasteiger partial charge in [0.1, 0.15) is 5.75 Å². The first-order valence-electron chi connectivity index (χ1n) is 9.87. The number of hydrogen-bond acceptors (Lipinski definition) is 6. The van der Waals surface area contributed by atoms with Crippen molar-refractivity contribution in [3.63, 3.8) is 0 Å². The van der Waals surface area contributed by atoms with E-state index in [1.165, 1.54) is 24.3 Å². The molecule has 0 N–H and O–H groups in total. The van der Waals surface area contributed by atoms with Crippen LogP contribution in [0.4, 0.5) is 18.9 Å². The van der Waals surface area contributed by atoms with Gasteiger partial charge < -0.3 is 9.47 Å². The maximum absolute atomic E-state index is 12.8. The van der Waals surface area contributed by atoms with Crippen molar-refractivity contribution in [1.82, 2.24) is 0 Å². The molecule has 0 aromatic heterocycles. The lowest BCUT2D eigenvalue weighted by Gasteiger charge is -2.10. The number of nitrogens with zero attached hydrogens (tertiary/aromatic N) is 1. The Morgan fingerprint density at radius 3 is 2.15 bits per heavy atom. The second-order valence-corrected chi connectivity index (χ2v) is 7.36. The van der Waals surface area contributed by atoms with E-state index >= 15 is 0 Å². The Hall–Kier alpha value is -4.21. The Bertz CT molecular complexity index is 1250. The van der Waals surface area contributed by atoms with E-state index in [4.69, 9.17) is 9.47 Å². The molecule has 3 rings (SSSR count). The predicted octanol–water partition coefficient (Wildman–Crippen LogP) is 6.06. The summed E-state index contributed by atoms with van der Waals surface area (Å²) in [7, 11) is 0. The second kappa shape index (κ2) is 9.74. The molecule has 0 heterocycles. The quantitative estimate of drug-likeness (QED) is 0.179. The third-order valence-electron chi connectivity index (χ3n) is 4.96. The average Bonchev–Trinajstić information content (AvgIpc) is 2.79. The van der Waals surface area contributed by atoms with Crippen molar-refractivity contribution < 1.29 is 37.2 Å². The van der Waals surface area contributed by atoms with E-state index in [0.29, 0.717) is 17.7 Å². The van der Waals surface area contributed by atoms with Gasteiger partial charge in [0.15, 0.2) is 12.4 Å². The maximum atomic E-state index is 12.8. The van der Waals surface area contributed by atoms with E-state index in [2.05, 4.69) is 0 Å². The molecule has 0 spiro atoms. The largest absolute Gasteiger partial charge is 0.454 e. The number of halogens is 3. The van der Waals surface area contributed by atoms with Gasteiger partial charge in [0.25, 0.3) is 0 Å². The Labute approximate surface area is 191 Å². The molecule has 0 aliphatic heterocycles. The van der Waals surface area contributed by atoms with Gasteiger partial charge >= 0.3 is 17.8 Å². The molecule has 0 bridgehead atoms. The Morgan fingerprint density at radius 1 is 0.912 bits per heavy atom. The lowest BCUT2D eigenvalue weighted by atomic mass is 10.0. The topological polar surface area (TPSA) is 95.7 Å². The van der Waals surface area contributed by atoms with Crippen LogP contribution in [0, 0.1) is 24.0 Å². The minimum atomic E-state index is -4.75. The van der Waals surface area contributed by atoms with Gasteiger partial charge in [-0.15, -0.1) is 0 Å². The summed E-state index contributed by atoms with van der Waals surface area (Å²) in [5.74, 6) is -1.49. The fourth-order valence-corrected chi connectivity index (χ4v) is 2.92.